The Morgan fingerprint density at radius 3 is 2.20 bits per heavy atom. The van der Waals surface area contributed by atoms with Crippen molar-refractivity contribution < 1.29 is 78.2 Å². The van der Waals surface area contributed by atoms with E-state index in [1.54, 1.807) is 41.7 Å². The molecule has 1 amide bonds. The number of methoxy groups -OCH3 is 2. The molecule has 0 aromatic heterocycles. The van der Waals surface area contributed by atoms with Gasteiger partial charge in [-0.2, -0.15) is 0 Å². The highest BCUT2D eigenvalue weighted by Gasteiger charge is 2.69. The van der Waals surface area contributed by atoms with Crippen LogP contribution in [0.25, 0.3) is 0 Å². The van der Waals surface area contributed by atoms with Gasteiger partial charge in [0.05, 0.1) is 47.6 Å². The van der Waals surface area contributed by atoms with E-state index in [0.717, 1.165) is 31.3 Å². The number of carbonyl (C=O) groups excluding carboxylic acids is 3. The maximum atomic E-state index is 14.8. The minimum atomic E-state index is -1.96. The fourth-order valence-electron chi connectivity index (χ4n) is 17.0. The lowest BCUT2D eigenvalue weighted by molar-refractivity contribution is -0.318. The van der Waals surface area contributed by atoms with Crippen molar-refractivity contribution >= 4 is 17.7 Å². The zero-order valence-corrected chi connectivity index (χ0v) is 51.3. The summed E-state index contributed by atoms with van der Waals surface area (Å²) in [6, 6.07) is -1.07. The second-order valence-corrected chi connectivity index (χ2v) is 27.5. The van der Waals surface area contributed by atoms with Crippen molar-refractivity contribution in [1.82, 2.24) is 15.1 Å². The Labute approximate surface area is 477 Å². The number of ketones is 1. The lowest BCUT2D eigenvalue weighted by atomic mass is 9.45. The van der Waals surface area contributed by atoms with Crippen molar-refractivity contribution in [2.24, 2.45) is 46.3 Å². The maximum absolute atomic E-state index is 14.8. The van der Waals surface area contributed by atoms with Crippen LogP contribution >= 0.6 is 0 Å². The smallest absolute Gasteiger partial charge is 0.311 e. The van der Waals surface area contributed by atoms with Crippen LogP contribution < -0.4 is 5.32 Å². The summed E-state index contributed by atoms with van der Waals surface area (Å²) in [6.07, 6.45) is -3.19. The Hall–Kier alpha value is -2.21. The average molecular weight is 1140 g/mol. The molecular weight excluding hydrogens is 1030 g/mol. The van der Waals surface area contributed by atoms with Crippen LogP contribution in [0.4, 0.5) is 0 Å². The fourth-order valence-corrected chi connectivity index (χ4v) is 17.0. The molecule has 0 aromatic carbocycles. The minimum Gasteiger partial charge on any atom is -0.459 e. The molecule has 7 N–H and O–H groups in total. The molecule has 3 heterocycles. The summed E-state index contributed by atoms with van der Waals surface area (Å²) in [5.74, 6) is -2.73. The van der Waals surface area contributed by atoms with Gasteiger partial charge >= 0.3 is 5.97 Å². The number of cyclic esters (lactones) is 1. The number of aliphatic hydroxyl groups is 6. The van der Waals surface area contributed by atoms with E-state index in [4.69, 9.17) is 33.2 Å². The highest BCUT2D eigenvalue weighted by molar-refractivity contribution is 5.91. The van der Waals surface area contributed by atoms with Crippen molar-refractivity contribution in [1.29, 1.82) is 0 Å². The number of fused-ring (bicyclic) bond motifs is 5. The van der Waals surface area contributed by atoms with Crippen LogP contribution in [0.3, 0.4) is 0 Å². The van der Waals surface area contributed by atoms with Gasteiger partial charge in [-0.05, 0) is 162 Å². The Balaban J connectivity index is 1.15. The normalized spacial score (nSPS) is 49.1. The number of likely N-dealkylation sites (N-methyl/N-ethyl adjacent to an activating group) is 1. The molecule has 7 rings (SSSR count). The first-order chi connectivity index (χ1) is 37.3. The molecule has 4 aliphatic carbocycles. The quantitative estimate of drug-likeness (QED) is 0.0978. The van der Waals surface area contributed by atoms with Gasteiger partial charge in [-0.3, -0.25) is 19.3 Å². The number of nitrogens with one attached hydrogen (secondary N) is 1. The number of carbonyl (C=O) groups is 3. The second-order valence-electron chi connectivity index (χ2n) is 27.5. The highest BCUT2D eigenvalue weighted by Crippen LogP contribution is 2.68. The number of esters is 1. The zero-order valence-electron chi connectivity index (χ0n) is 51.3. The SMILES string of the molecule is CC[C@H]1OC(=O)[C@H](C)C(O[C@@H]2C[C@](C)(OC)[C@H](O)C(C)O2)[C@H](C)C(O[C@@H]2O[C@H](C)C[C@@H](N(C)C)[C@H]2O)[C@](C)(O)C[C@@H](C)CN(CCCNC(=O)[C@@]2(OC)CCC3C4CCC5=CC(=O)CC[C@]5(C)C4[C@@H](O)C[C@@]32C)[C@H](C)[C@@H](O)[C@]1(C)O. The van der Waals surface area contributed by atoms with E-state index in [1.807, 2.05) is 57.7 Å². The van der Waals surface area contributed by atoms with Crippen molar-refractivity contribution in [2.45, 2.75) is 262 Å². The molecule has 460 valence electrons. The van der Waals surface area contributed by atoms with Crippen LogP contribution in [-0.2, 0) is 47.5 Å². The molecule has 0 bridgehead atoms. The molecule has 6 unspecified atom stereocenters. The molecule has 80 heavy (non-hydrogen) atoms. The summed E-state index contributed by atoms with van der Waals surface area (Å²) in [7, 11) is 6.85. The molecule has 0 spiro atoms. The lowest BCUT2D eigenvalue weighted by Crippen LogP contribution is -2.64. The molecule has 3 saturated carbocycles. The molecular formula is C61H105N3O16. The molecule has 0 aromatic rings. The fraction of sp³-hybridized carbons (Fsp3) is 0.918. The molecule has 6 fully saturated rings. The molecule has 25 atom stereocenters. The van der Waals surface area contributed by atoms with Gasteiger partial charge in [-0.25, -0.2) is 0 Å². The highest BCUT2D eigenvalue weighted by atomic mass is 16.7. The second kappa shape index (κ2) is 25.0. The molecule has 19 heteroatoms. The van der Waals surface area contributed by atoms with Gasteiger partial charge in [-0.1, -0.05) is 40.2 Å². The van der Waals surface area contributed by atoms with Crippen molar-refractivity contribution in [3.8, 4) is 0 Å². The van der Waals surface area contributed by atoms with Crippen LogP contribution in [0.2, 0.25) is 0 Å². The predicted molar refractivity (Wildman–Crippen MR) is 299 cm³/mol. The van der Waals surface area contributed by atoms with Crippen molar-refractivity contribution in [3.63, 3.8) is 0 Å². The van der Waals surface area contributed by atoms with E-state index in [1.165, 1.54) is 14.0 Å². The van der Waals surface area contributed by atoms with Gasteiger partial charge in [0.15, 0.2) is 24.0 Å². The van der Waals surface area contributed by atoms with Gasteiger partial charge in [0.1, 0.15) is 30.0 Å². The van der Waals surface area contributed by atoms with Gasteiger partial charge in [0.2, 0.25) is 0 Å². The summed E-state index contributed by atoms with van der Waals surface area (Å²) >= 11 is 0. The number of rotatable bonds is 13. The first kappa shape index (κ1) is 65.3. The Morgan fingerprint density at radius 2 is 1.56 bits per heavy atom. The number of aliphatic hydroxyl groups excluding tert-OH is 4. The van der Waals surface area contributed by atoms with Crippen LogP contribution in [0, 0.1) is 46.3 Å². The number of hydrogen-bond donors (Lipinski definition) is 7. The molecule has 0 radical (unpaired) electrons. The summed E-state index contributed by atoms with van der Waals surface area (Å²) in [4.78, 5) is 46.0. The van der Waals surface area contributed by atoms with Gasteiger partial charge in [0.25, 0.3) is 5.91 Å². The van der Waals surface area contributed by atoms with Crippen LogP contribution in [0.15, 0.2) is 11.6 Å². The lowest BCUT2D eigenvalue weighted by Gasteiger charge is -2.60. The summed E-state index contributed by atoms with van der Waals surface area (Å²) in [5.41, 5.74) is -5.67. The number of nitrogens with zero attached hydrogens (tertiary/aromatic N) is 2. The van der Waals surface area contributed by atoms with E-state index < -0.39 is 113 Å². The number of ether oxygens (including phenoxy) is 7. The summed E-state index contributed by atoms with van der Waals surface area (Å²) in [5, 5.41) is 76.2. The first-order valence-corrected chi connectivity index (χ1v) is 30.3. The van der Waals surface area contributed by atoms with Crippen LogP contribution in [0.5, 0.6) is 0 Å². The zero-order chi connectivity index (χ0) is 59.4. The third kappa shape index (κ3) is 12.3. The van der Waals surface area contributed by atoms with E-state index in [-0.39, 0.29) is 78.7 Å². The molecule has 3 aliphatic heterocycles. The summed E-state index contributed by atoms with van der Waals surface area (Å²) in [6.45, 7) is 22.8. The van der Waals surface area contributed by atoms with Crippen molar-refractivity contribution in [2.75, 3.05) is 47.9 Å². The van der Waals surface area contributed by atoms with E-state index in [9.17, 15) is 45.0 Å². The minimum absolute atomic E-state index is 0.00300. The monoisotopic (exact) mass is 1140 g/mol. The average Bonchev–Trinajstić information content (AvgIpc) is 3.35. The third-order valence-electron chi connectivity index (χ3n) is 21.7. The standard InChI is InChI=1S/C61H105N3O16/c1-17-45-60(12,73)50(68)37(6)64(26-18-25-62-55(71)61(75-16)24-22-42-41-20-19-39-28-40(65)21-23-56(39,8)47(41)44(66)30-57(42,61)9)32-33(2)29-58(10,72)52(80-54-48(67)43(63(13)14)27-34(3)76-54)35(4)49(36(5)53(70)78-45)79-46-31-59(11,74-15)51(69)38(7)77-46/h28,33-38,41-52,54,66-69,72-73H,17-27,29-32H2,1-16H3,(H,62,71)/t33-,34-,35+,36-,37-,38?,41?,42?,43-,44+,45-,46-,47?,48-,49?,50-,51-,52?,54+,56+,57+,58-,59+,60-,61+/m1/s1. The van der Waals surface area contributed by atoms with Crippen molar-refractivity contribution in [3.05, 3.63) is 11.6 Å². The largest absolute Gasteiger partial charge is 0.459 e. The van der Waals surface area contributed by atoms with Gasteiger partial charge in [-0.15, -0.1) is 0 Å². The summed E-state index contributed by atoms with van der Waals surface area (Å²) < 4.78 is 44.8. The Bertz CT molecular complexity index is 2180. The first-order valence-electron chi connectivity index (χ1n) is 30.3. The Morgan fingerprint density at radius 1 is 0.875 bits per heavy atom. The predicted octanol–water partition coefficient (Wildman–Crippen LogP) is 4.67. The Kier molecular flexibility index (Phi) is 20.4. The van der Waals surface area contributed by atoms with Crippen LogP contribution in [-0.4, -0.2) is 208 Å². The van der Waals surface area contributed by atoms with E-state index >= 15 is 0 Å². The maximum Gasteiger partial charge on any atom is 0.311 e. The number of hydrogen-bond acceptors (Lipinski definition) is 18. The topological polar surface area (TPSA) is 256 Å². The van der Waals surface area contributed by atoms with E-state index in [2.05, 4.69) is 19.2 Å². The van der Waals surface area contributed by atoms with Crippen LogP contribution in [0.1, 0.15) is 160 Å². The molecule has 7 aliphatic rings. The van der Waals surface area contributed by atoms with Gasteiger partial charge in [0, 0.05) is 70.1 Å². The van der Waals surface area contributed by atoms with E-state index in [0.29, 0.717) is 45.2 Å². The molecule has 3 saturated heterocycles. The number of amides is 1. The van der Waals surface area contributed by atoms with Gasteiger partial charge < -0.3 is 74.0 Å². The molecule has 19 nitrogen and oxygen atoms in total. The number of allylic oxidation sites excluding steroid dienone is 1. The third-order valence-corrected chi connectivity index (χ3v) is 21.7.